The summed E-state index contributed by atoms with van der Waals surface area (Å²) >= 11 is 3.49. The second kappa shape index (κ2) is 20.6. The molecule has 6 aromatic rings. The molecule has 0 radical (unpaired) electrons. The molecule has 66 heavy (non-hydrogen) atoms. The van der Waals surface area contributed by atoms with E-state index < -0.39 is 33.7 Å². The van der Waals surface area contributed by atoms with Crippen LogP contribution in [0.2, 0.25) is 51.4 Å². The van der Waals surface area contributed by atoms with Crippen molar-refractivity contribution in [3.8, 4) is 22.5 Å². The summed E-state index contributed by atoms with van der Waals surface area (Å²) in [5, 5.41) is 9.46. The lowest BCUT2D eigenvalue weighted by molar-refractivity contribution is -0.150. The molecule has 8 rings (SSSR count). The minimum Gasteiger partial charge on any atom is -0.476 e. The number of benzene rings is 2. The molecule has 2 aromatic carbocycles. The van der Waals surface area contributed by atoms with E-state index in [4.69, 9.17) is 38.4 Å². The van der Waals surface area contributed by atoms with Crippen LogP contribution in [-0.2, 0) is 66.3 Å². The molecule has 6 heterocycles. The monoisotopic (exact) mass is 1000 g/mol. The summed E-state index contributed by atoms with van der Waals surface area (Å²) < 4.78 is 40.4. The van der Waals surface area contributed by atoms with Crippen LogP contribution in [0.5, 0.6) is 0 Å². The predicted molar refractivity (Wildman–Crippen MR) is 266 cm³/mol. The van der Waals surface area contributed by atoms with Crippen LogP contribution in [0.3, 0.4) is 0 Å². The Bertz CT molecular complexity index is 2630. The fourth-order valence-electron chi connectivity index (χ4n) is 8.28. The molecule has 2 aliphatic rings. The largest absolute Gasteiger partial charge is 0.476 e. The molecule has 354 valence electrons. The molecule has 0 amide bonds. The Labute approximate surface area is 398 Å². The average Bonchev–Trinajstić information content (AvgIpc) is 4.07. The van der Waals surface area contributed by atoms with Gasteiger partial charge >= 0.3 is 5.97 Å². The molecule has 2 saturated heterocycles. The Kier molecular flexibility index (Phi) is 15.5. The van der Waals surface area contributed by atoms with Crippen LogP contribution in [0.4, 0.5) is 0 Å². The van der Waals surface area contributed by atoms with Gasteiger partial charge in [0.25, 0.3) is 0 Å². The normalized spacial score (nSPS) is 16.0. The van der Waals surface area contributed by atoms with Crippen molar-refractivity contribution >= 4 is 60.4 Å². The lowest BCUT2D eigenvalue weighted by Crippen LogP contribution is -2.22. The number of rotatable bonds is 17. The topological polar surface area (TPSA) is 154 Å². The van der Waals surface area contributed by atoms with Gasteiger partial charge in [0.15, 0.2) is 28.6 Å². The number of carboxylic acids is 1. The van der Waals surface area contributed by atoms with E-state index in [-0.39, 0.29) is 5.69 Å². The van der Waals surface area contributed by atoms with Gasteiger partial charge in [0.05, 0.1) is 50.2 Å². The van der Waals surface area contributed by atoms with Crippen molar-refractivity contribution in [2.75, 3.05) is 39.6 Å². The van der Waals surface area contributed by atoms with E-state index in [1.165, 1.54) is 11.8 Å². The number of carbonyl (C=O) groups is 1. The summed E-state index contributed by atoms with van der Waals surface area (Å²) in [5.74, 6) is -2.50. The van der Waals surface area contributed by atoms with E-state index in [0.717, 1.165) is 80.1 Å². The third-order valence-corrected chi connectivity index (χ3v) is 15.9. The quantitative estimate of drug-likeness (QED) is 0.0683. The van der Waals surface area contributed by atoms with Crippen LogP contribution in [-0.4, -0.2) is 95.9 Å². The molecule has 0 bridgehead atoms. The van der Waals surface area contributed by atoms with E-state index >= 15 is 0 Å². The summed E-state index contributed by atoms with van der Waals surface area (Å²) in [7, 11) is -2.38. The summed E-state index contributed by atoms with van der Waals surface area (Å²) in [6, 6.07) is 18.7. The van der Waals surface area contributed by atoms with Gasteiger partial charge in [0.2, 0.25) is 0 Å². The zero-order valence-electron chi connectivity index (χ0n) is 40.1. The third-order valence-electron chi connectivity index (χ3n) is 12.1. The molecule has 4 aromatic heterocycles. The fourth-order valence-corrected chi connectivity index (χ4v) is 10.1. The van der Waals surface area contributed by atoms with E-state index in [2.05, 4.69) is 101 Å². The minimum atomic E-state index is -1.23. The van der Waals surface area contributed by atoms with Crippen LogP contribution in [0.25, 0.3) is 44.8 Å². The molecule has 0 atom stereocenters. The summed E-state index contributed by atoms with van der Waals surface area (Å²) in [6.07, 6.45) is 4.59. The van der Waals surface area contributed by atoms with Gasteiger partial charge in [-0.2, -0.15) is 0 Å². The Morgan fingerprint density at radius 1 is 0.667 bits per heavy atom. The first kappa shape index (κ1) is 49.7. The highest BCUT2D eigenvalue weighted by molar-refractivity contribution is 9.10. The van der Waals surface area contributed by atoms with Gasteiger partial charge in [-0.15, -0.1) is 0 Å². The number of fused-ring (bicyclic) bond motifs is 2. The number of aromatic carboxylic acids is 1. The van der Waals surface area contributed by atoms with Crippen LogP contribution >= 0.6 is 15.9 Å². The molecular formula is C49H65BrN6O8Si2. The fraction of sp³-hybridized carbons (Fsp3) is 0.490. The summed E-state index contributed by atoms with van der Waals surface area (Å²) in [6.45, 7) is 26.7. The van der Waals surface area contributed by atoms with E-state index in [1.54, 1.807) is 6.20 Å². The molecule has 1 N–H and O–H groups in total. The second-order valence-corrected chi connectivity index (χ2v) is 31.5. The zero-order valence-corrected chi connectivity index (χ0v) is 43.7. The number of ether oxygens (including phenoxy) is 6. The molecule has 2 fully saturated rings. The van der Waals surface area contributed by atoms with Crippen molar-refractivity contribution in [2.24, 2.45) is 0 Å². The van der Waals surface area contributed by atoms with Gasteiger partial charge in [0.1, 0.15) is 29.1 Å². The first-order valence-electron chi connectivity index (χ1n) is 22.9. The van der Waals surface area contributed by atoms with Crippen LogP contribution in [0.15, 0.2) is 65.5 Å². The number of aromatic nitrogens is 6. The molecule has 0 saturated carbocycles. The van der Waals surface area contributed by atoms with Crippen molar-refractivity contribution in [3.05, 3.63) is 93.5 Å². The highest BCUT2D eigenvalue weighted by Crippen LogP contribution is 2.38. The third kappa shape index (κ3) is 11.2. The molecule has 17 heteroatoms. The Hall–Kier alpha value is -4.18. The molecule has 2 aliphatic heterocycles. The molecule has 14 nitrogen and oxygen atoms in total. The van der Waals surface area contributed by atoms with Gasteiger partial charge in [-0.1, -0.05) is 102 Å². The summed E-state index contributed by atoms with van der Waals surface area (Å²) in [5.41, 5.74) is 11.2. The maximum Gasteiger partial charge on any atom is 0.356 e. The maximum atomic E-state index is 11.6. The first-order valence-corrected chi connectivity index (χ1v) is 31.1. The Morgan fingerprint density at radius 3 is 1.44 bits per heavy atom. The maximum absolute atomic E-state index is 11.6. The van der Waals surface area contributed by atoms with Crippen molar-refractivity contribution in [1.82, 2.24) is 29.1 Å². The molecule has 0 spiro atoms. The number of halogens is 1. The van der Waals surface area contributed by atoms with Gasteiger partial charge < -0.3 is 33.5 Å². The Balaban J connectivity index is 0.000000197. The first-order chi connectivity index (χ1) is 31.3. The molecule has 0 unspecified atom stereocenters. The SMILES string of the molecule is CCc1c(-c2ccc(C3(C)OCCO3)cc2)n(COCC[Si](C)(C)C)c2ncc(Br)nc12.CCc1c(-c2ccc(C3(C)OCCO3)cc2)n(COCC[Si](C)(C)C)c2ncc(C(=O)O)nc12. The average molecular weight is 1000 g/mol. The van der Waals surface area contributed by atoms with Gasteiger partial charge in [-0.3, -0.25) is 9.13 Å². The standard InChI is InChI=1S/C25H33N3O5Si.C24H32BrN3O3Si/c1-6-19-21-23(26-15-20(27-21)24(29)30)28(16-31-13-14-34(3,4)5)22(19)17-7-9-18(10-8-17)25(2)32-11-12-33-25;1-6-19-21-23(26-15-20(25)27-21)28(16-29-13-14-32(3,4)5)22(19)17-7-9-18(10-8-17)24(2)30-11-12-31-24/h7-10,15H,6,11-14,16H2,1-5H3,(H,29,30);7-10,15H,6,11-14,16H2,1-5H3. The van der Waals surface area contributed by atoms with Crippen LogP contribution in [0.1, 0.15) is 60.4 Å². The molecule has 0 aliphatic carbocycles. The van der Waals surface area contributed by atoms with Crippen molar-refractivity contribution < 1.29 is 38.3 Å². The van der Waals surface area contributed by atoms with Gasteiger partial charge in [-0.05, 0) is 65.8 Å². The smallest absolute Gasteiger partial charge is 0.356 e. The summed E-state index contributed by atoms with van der Waals surface area (Å²) in [4.78, 5) is 29.9. The van der Waals surface area contributed by atoms with E-state index in [9.17, 15) is 9.90 Å². The van der Waals surface area contributed by atoms with E-state index in [0.29, 0.717) is 64.1 Å². The predicted octanol–water partition coefficient (Wildman–Crippen LogP) is 10.8. The molecular weight excluding hydrogens is 937 g/mol. The number of hydrogen-bond donors (Lipinski definition) is 1. The Morgan fingerprint density at radius 2 is 1.06 bits per heavy atom. The highest BCUT2D eigenvalue weighted by Gasteiger charge is 2.34. The van der Waals surface area contributed by atoms with Crippen molar-refractivity contribution in [3.63, 3.8) is 0 Å². The van der Waals surface area contributed by atoms with Gasteiger partial charge in [0, 0.05) is 51.6 Å². The lowest BCUT2D eigenvalue weighted by Gasteiger charge is -2.23. The number of hydrogen-bond acceptors (Lipinski definition) is 11. The van der Waals surface area contributed by atoms with Gasteiger partial charge in [-0.25, -0.2) is 24.7 Å². The van der Waals surface area contributed by atoms with Crippen molar-refractivity contribution in [1.29, 1.82) is 0 Å². The number of nitrogens with zero attached hydrogens (tertiary/aromatic N) is 6. The van der Waals surface area contributed by atoms with Crippen molar-refractivity contribution in [2.45, 2.75) is 117 Å². The number of carboxylic acid groups (broad SMARTS) is 1. The van der Waals surface area contributed by atoms with Crippen LogP contribution < -0.4 is 0 Å². The lowest BCUT2D eigenvalue weighted by atomic mass is 10.0. The number of aryl methyl sites for hydroxylation is 2. The second-order valence-electron chi connectivity index (χ2n) is 19.5. The van der Waals surface area contributed by atoms with Crippen LogP contribution in [0, 0.1) is 0 Å². The van der Waals surface area contributed by atoms with E-state index in [1.807, 2.05) is 49.6 Å². The zero-order chi connectivity index (χ0) is 47.4. The minimum absolute atomic E-state index is 0.0654. The highest BCUT2D eigenvalue weighted by atomic mass is 79.9.